The number of ether oxygens (including phenoxy) is 1. The number of amides is 1. The number of hydrogen-bond donors (Lipinski definition) is 2. The SMILES string of the molecule is O=C(CCC1CCCO1)N[C@H]1CCCCC[C@H]1C(=O)O. The van der Waals surface area contributed by atoms with Gasteiger partial charge in [-0.05, 0) is 32.1 Å². The number of hydrogen-bond acceptors (Lipinski definition) is 3. The Labute approximate surface area is 120 Å². The molecule has 1 saturated carbocycles. The largest absolute Gasteiger partial charge is 0.481 e. The average molecular weight is 283 g/mol. The van der Waals surface area contributed by atoms with E-state index in [0.29, 0.717) is 12.8 Å². The van der Waals surface area contributed by atoms with Crippen LogP contribution in [0.3, 0.4) is 0 Å². The molecule has 0 aromatic heterocycles. The van der Waals surface area contributed by atoms with E-state index >= 15 is 0 Å². The van der Waals surface area contributed by atoms with E-state index in [0.717, 1.165) is 51.6 Å². The van der Waals surface area contributed by atoms with Crippen LogP contribution in [0.2, 0.25) is 0 Å². The van der Waals surface area contributed by atoms with E-state index in [1.165, 1.54) is 0 Å². The fourth-order valence-corrected chi connectivity index (χ4v) is 3.22. The number of carbonyl (C=O) groups is 2. The van der Waals surface area contributed by atoms with Crippen LogP contribution in [-0.2, 0) is 14.3 Å². The molecule has 1 heterocycles. The molecule has 1 aliphatic carbocycles. The van der Waals surface area contributed by atoms with Gasteiger partial charge in [-0.1, -0.05) is 19.3 Å². The third-order valence-electron chi connectivity index (χ3n) is 4.40. The molecule has 2 fully saturated rings. The number of aliphatic carboxylic acids is 1. The molecule has 0 spiro atoms. The van der Waals surface area contributed by atoms with Crippen molar-refractivity contribution in [3.63, 3.8) is 0 Å². The summed E-state index contributed by atoms with van der Waals surface area (Å²) >= 11 is 0. The van der Waals surface area contributed by atoms with Crippen molar-refractivity contribution in [2.24, 2.45) is 5.92 Å². The van der Waals surface area contributed by atoms with Crippen molar-refractivity contribution in [1.29, 1.82) is 0 Å². The van der Waals surface area contributed by atoms with Gasteiger partial charge in [-0.15, -0.1) is 0 Å². The topological polar surface area (TPSA) is 75.6 Å². The molecule has 5 heteroatoms. The minimum atomic E-state index is -0.781. The summed E-state index contributed by atoms with van der Waals surface area (Å²) in [6, 6.07) is -0.202. The van der Waals surface area contributed by atoms with Gasteiger partial charge in [0.05, 0.1) is 12.0 Å². The van der Waals surface area contributed by atoms with Gasteiger partial charge in [-0.25, -0.2) is 0 Å². The van der Waals surface area contributed by atoms with Gasteiger partial charge in [0, 0.05) is 19.1 Å². The molecule has 5 nitrogen and oxygen atoms in total. The highest BCUT2D eigenvalue weighted by Gasteiger charge is 2.30. The quantitative estimate of drug-likeness (QED) is 0.758. The van der Waals surface area contributed by atoms with Gasteiger partial charge in [-0.3, -0.25) is 9.59 Å². The average Bonchev–Trinajstić information content (AvgIpc) is 2.82. The van der Waals surface area contributed by atoms with Crippen molar-refractivity contribution >= 4 is 11.9 Å². The standard InChI is InChI=1S/C15H25NO4/c17-14(9-8-11-5-4-10-20-11)16-13-7-3-1-2-6-12(13)15(18)19/h11-13H,1-10H2,(H,16,17)(H,18,19)/t11?,12-,13+/m1/s1. The lowest BCUT2D eigenvalue weighted by Crippen LogP contribution is -2.42. The summed E-state index contributed by atoms with van der Waals surface area (Å²) in [6.07, 6.45) is 7.97. The third kappa shape index (κ3) is 4.47. The maximum atomic E-state index is 12.0. The lowest BCUT2D eigenvalue weighted by atomic mass is 9.94. The molecular weight excluding hydrogens is 258 g/mol. The highest BCUT2D eigenvalue weighted by molar-refractivity contribution is 5.78. The van der Waals surface area contributed by atoms with Crippen molar-refractivity contribution in [2.45, 2.75) is 69.9 Å². The van der Waals surface area contributed by atoms with Gasteiger partial charge < -0.3 is 15.2 Å². The van der Waals surface area contributed by atoms with Crippen LogP contribution in [0, 0.1) is 5.92 Å². The summed E-state index contributed by atoms with van der Waals surface area (Å²) in [5.74, 6) is -1.24. The molecule has 1 saturated heterocycles. The van der Waals surface area contributed by atoms with Gasteiger partial charge in [0.1, 0.15) is 0 Å². The Hall–Kier alpha value is -1.10. The Morgan fingerprint density at radius 1 is 1.10 bits per heavy atom. The second-order valence-corrected chi connectivity index (χ2v) is 5.93. The lowest BCUT2D eigenvalue weighted by Gasteiger charge is -2.23. The zero-order chi connectivity index (χ0) is 14.4. The number of rotatable bonds is 5. The summed E-state index contributed by atoms with van der Waals surface area (Å²) in [4.78, 5) is 23.3. The van der Waals surface area contributed by atoms with Crippen LogP contribution in [0.25, 0.3) is 0 Å². The zero-order valence-electron chi connectivity index (χ0n) is 12.0. The first kappa shape index (κ1) is 15.3. The van der Waals surface area contributed by atoms with Crippen LogP contribution >= 0.6 is 0 Å². The molecule has 2 rings (SSSR count). The smallest absolute Gasteiger partial charge is 0.308 e. The molecule has 3 atom stereocenters. The van der Waals surface area contributed by atoms with Crippen molar-refractivity contribution in [3.8, 4) is 0 Å². The Balaban J connectivity index is 1.79. The molecule has 0 bridgehead atoms. The lowest BCUT2D eigenvalue weighted by molar-refractivity contribution is -0.143. The second kappa shape index (κ2) is 7.62. The van der Waals surface area contributed by atoms with Gasteiger partial charge >= 0.3 is 5.97 Å². The van der Waals surface area contributed by atoms with Crippen molar-refractivity contribution in [1.82, 2.24) is 5.32 Å². The molecule has 1 unspecified atom stereocenters. The summed E-state index contributed by atoms with van der Waals surface area (Å²) in [5.41, 5.74) is 0. The number of nitrogens with one attached hydrogen (secondary N) is 1. The molecule has 0 aromatic rings. The molecule has 0 radical (unpaired) electrons. The van der Waals surface area contributed by atoms with E-state index in [9.17, 15) is 14.7 Å². The highest BCUT2D eigenvalue weighted by Crippen LogP contribution is 2.24. The maximum absolute atomic E-state index is 12.0. The molecule has 2 N–H and O–H groups in total. The van der Waals surface area contributed by atoms with Crippen LogP contribution in [-0.4, -0.2) is 35.7 Å². The number of carbonyl (C=O) groups excluding carboxylic acids is 1. The molecule has 1 aliphatic heterocycles. The van der Waals surface area contributed by atoms with Crippen LogP contribution in [0.4, 0.5) is 0 Å². The first-order chi connectivity index (χ1) is 9.66. The minimum Gasteiger partial charge on any atom is -0.481 e. The van der Waals surface area contributed by atoms with E-state index in [-0.39, 0.29) is 18.1 Å². The summed E-state index contributed by atoms with van der Waals surface area (Å²) in [6.45, 7) is 0.802. The van der Waals surface area contributed by atoms with E-state index in [1.54, 1.807) is 0 Å². The monoisotopic (exact) mass is 283 g/mol. The third-order valence-corrected chi connectivity index (χ3v) is 4.40. The van der Waals surface area contributed by atoms with Crippen molar-refractivity contribution in [3.05, 3.63) is 0 Å². The van der Waals surface area contributed by atoms with Crippen LogP contribution in [0.1, 0.15) is 57.8 Å². The zero-order valence-corrected chi connectivity index (χ0v) is 12.0. The molecule has 0 aromatic carbocycles. The fraction of sp³-hybridized carbons (Fsp3) is 0.867. The maximum Gasteiger partial charge on any atom is 0.308 e. The van der Waals surface area contributed by atoms with Crippen LogP contribution < -0.4 is 5.32 Å². The van der Waals surface area contributed by atoms with E-state index in [1.807, 2.05) is 0 Å². The predicted molar refractivity (Wildman–Crippen MR) is 74.3 cm³/mol. The summed E-state index contributed by atoms with van der Waals surface area (Å²) in [5, 5.41) is 12.2. The molecule has 2 aliphatic rings. The predicted octanol–water partition coefficient (Wildman–Crippen LogP) is 2.10. The van der Waals surface area contributed by atoms with Crippen molar-refractivity contribution < 1.29 is 19.4 Å². The molecule has 1 amide bonds. The van der Waals surface area contributed by atoms with E-state index < -0.39 is 11.9 Å². The molecule has 20 heavy (non-hydrogen) atoms. The molecular formula is C15H25NO4. The van der Waals surface area contributed by atoms with Crippen molar-refractivity contribution in [2.75, 3.05) is 6.61 Å². The summed E-state index contributed by atoms with van der Waals surface area (Å²) in [7, 11) is 0. The highest BCUT2D eigenvalue weighted by atomic mass is 16.5. The first-order valence-corrected chi connectivity index (χ1v) is 7.80. The van der Waals surface area contributed by atoms with Crippen LogP contribution in [0.15, 0.2) is 0 Å². The Morgan fingerprint density at radius 3 is 2.60 bits per heavy atom. The van der Waals surface area contributed by atoms with Gasteiger partial charge in [0.2, 0.25) is 5.91 Å². The summed E-state index contributed by atoms with van der Waals surface area (Å²) < 4.78 is 5.50. The number of carboxylic acids is 1. The first-order valence-electron chi connectivity index (χ1n) is 7.80. The van der Waals surface area contributed by atoms with Gasteiger partial charge in [0.15, 0.2) is 0 Å². The fourth-order valence-electron chi connectivity index (χ4n) is 3.22. The van der Waals surface area contributed by atoms with E-state index in [2.05, 4.69) is 5.32 Å². The van der Waals surface area contributed by atoms with Gasteiger partial charge in [0.25, 0.3) is 0 Å². The Kier molecular flexibility index (Phi) is 5.83. The Bertz CT molecular complexity index is 339. The van der Waals surface area contributed by atoms with Gasteiger partial charge in [-0.2, -0.15) is 0 Å². The van der Waals surface area contributed by atoms with Crippen LogP contribution in [0.5, 0.6) is 0 Å². The number of carboxylic acid groups (broad SMARTS) is 1. The molecule has 114 valence electrons. The van der Waals surface area contributed by atoms with E-state index in [4.69, 9.17) is 4.74 Å². The minimum absolute atomic E-state index is 0.0290. The normalized spacial score (nSPS) is 30.7. The Morgan fingerprint density at radius 2 is 1.90 bits per heavy atom. The second-order valence-electron chi connectivity index (χ2n) is 5.93.